The van der Waals surface area contributed by atoms with E-state index in [4.69, 9.17) is 15.0 Å². The molecule has 0 aliphatic heterocycles. The summed E-state index contributed by atoms with van der Waals surface area (Å²) in [5.74, 6) is 4.70. The molecule has 2 aromatic heterocycles. The summed E-state index contributed by atoms with van der Waals surface area (Å²) < 4.78 is 2.20. The molecule has 0 N–H and O–H groups in total. The van der Waals surface area contributed by atoms with Crippen LogP contribution in [0.3, 0.4) is 0 Å². The third-order valence-corrected chi connectivity index (χ3v) is 11.4. The molecule has 11 rings (SSSR count). The van der Waals surface area contributed by atoms with Gasteiger partial charge in [-0.05, 0) is 96.6 Å². The summed E-state index contributed by atoms with van der Waals surface area (Å²) in [6.45, 7) is 0. The average molecular weight is 609 g/mol. The Labute approximate surface area is 275 Å². The number of para-hydroxylation sites is 2. The minimum absolute atomic E-state index is 0.305. The van der Waals surface area contributed by atoms with Crippen LogP contribution in [-0.4, -0.2) is 19.5 Å². The van der Waals surface area contributed by atoms with Gasteiger partial charge in [0.1, 0.15) is 0 Å². The summed E-state index contributed by atoms with van der Waals surface area (Å²) in [5.41, 5.74) is 8.43. The zero-order chi connectivity index (χ0) is 31.0. The summed E-state index contributed by atoms with van der Waals surface area (Å²) in [6.07, 6.45) is 8.36. The number of aromatic nitrogens is 4. The Balaban J connectivity index is 1.21. The molecule has 4 heteroatoms. The van der Waals surface area contributed by atoms with Crippen molar-refractivity contribution in [1.29, 1.82) is 0 Å². The Bertz CT molecular complexity index is 2200. The molecule has 4 bridgehead atoms. The molecule has 228 valence electrons. The van der Waals surface area contributed by atoms with Crippen LogP contribution >= 0.6 is 0 Å². The summed E-state index contributed by atoms with van der Waals surface area (Å²) in [4.78, 5) is 15.7. The molecule has 0 unspecified atom stereocenters. The van der Waals surface area contributed by atoms with E-state index in [1.54, 1.807) is 0 Å². The third-order valence-electron chi connectivity index (χ3n) is 11.4. The second-order valence-corrected chi connectivity index (χ2v) is 14.3. The molecule has 4 saturated carbocycles. The van der Waals surface area contributed by atoms with Gasteiger partial charge in [0.25, 0.3) is 0 Å². The van der Waals surface area contributed by atoms with Crippen LogP contribution in [0.25, 0.3) is 61.7 Å². The lowest BCUT2D eigenvalue weighted by Gasteiger charge is -2.57. The monoisotopic (exact) mass is 608 g/mol. The van der Waals surface area contributed by atoms with Gasteiger partial charge in [-0.15, -0.1) is 0 Å². The van der Waals surface area contributed by atoms with E-state index in [0.29, 0.717) is 23.0 Å². The molecule has 0 radical (unpaired) electrons. The van der Waals surface area contributed by atoms with Crippen LogP contribution in [0, 0.1) is 17.8 Å². The highest BCUT2D eigenvalue weighted by Crippen LogP contribution is 2.61. The summed E-state index contributed by atoms with van der Waals surface area (Å²) in [6, 6.07) is 45.5. The molecule has 0 amide bonds. The lowest BCUT2D eigenvalue weighted by atomic mass is 9.48. The SMILES string of the molecule is c1ccc(-c2nc(-c3ccc(C45CC6CC(CC(C6)C4)C5)cc3-c3ccccc3)nc(-n3c4ccccc4c4ccccc43)n2)cc1. The molecule has 4 fully saturated rings. The molecular weight excluding hydrogens is 573 g/mol. The lowest BCUT2D eigenvalue weighted by Crippen LogP contribution is -2.48. The van der Waals surface area contributed by atoms with E-state index >= 15 is 0 Å². The van der Waals surface area contributed by atoms with Gasteiger partial charge in [-0.3, -0.25) is 4.57 Å². The van der Waals surface area contributed by atoms with Gasteiger partial charge in [0.15, 0.2) is 11.6 Å². The number of fused-ring (bicyclic) bond motifs is 3. The molecule has 5 aromatic carbocycles. The van der Waals surface area contributed by atoms with E-state index in [9.17, 15) is 0 Å². The van der Waals surface area contributed by atoms with Crippen LogP contribution in [0.5, 0.6) is 0 Å². The minimum atomic E-state index is 0.305. The Morgan fingerprint density at radius 1 is 0.489 bits per heavy atom. The van der Waals surface area contributed by atoms with Crippen LogP contribution in [0.4, 0.5) is 0 Å². The topological polar surface area (TPSA) is 43.6 Å². The van der Waals surface area contributed by atoms with Crippen molar-refractivity contribution in [2.75, 3.05) is 0 Å². The van der Waals surface area contributed by atoms with Crippen LogP contribution in [0.1, 0.15) is 44.1 Å². The van der Waals surface area contributed by atoms with Crippen molar-refractivity contribution in [3.8, 4) is 39.9 Å². The van der Waals surface area contributed by atoms with Crippen molar-refractivity contribution in [2.24, 2.45) is 17.8 Å². The zero-order valence-electron chi connectivity index (χ0n) is 26.4. The summed E-state index contributed by atoms with van der Waals surface area (Å²) >= 11 is 0. The molecule has 47 heavy (non-hydrogen) atoms. The standard InChI is InChI=1S/C43H36N4/c1-3-11-31(12-4-1)37-24-33(43-25-28-21-29(26-43)23-30(22-28)27-43)19-20-36(37)41-44-40(32-13-5-2-6-14-32)45-42(46-41)47-38-17-9-7-15-34(38)35-16-8-10-18-39(35)47/h1-20,24,28-30H,21-23,25-27H2. The van der Waals surface area contributed by atoms with E-state index in [1.807, 2.05) is 6.07 Å². The number of nitrogens with zero attached hydrogens (tertiary/aromatic N) is 4. The minimum Gasteiger partial charge on any atom is -0.278 e. The summed E-state index contributed by atoms with van der Waals surface area (Å²) in [7, 11) is 0. The first kappa shape index (κ1) is 27.1. The maximum atomic E-state index is 5.32. The molecule has 7 aromatic rings. The van der Waals surface area contributed by atoms with Gasteiger partial charge >= 0.3 is 0 Å². The van der Waals surface area contributed by atoms with Gasteiger partial charge in [-0.2, -0.15) is 9.97 Å². The first-order valence-corrected chi connectivity index (χ1v) is 17.2. The zero-order valence-corrected chi connectivity index (χ0v) is 26.4. The maximum absolute atomic E-state index is 5.32. The number of benzene rings is 5. The number of rotatable bonds is 5. The molecule has 4 aliphatic carbocycles. The van der Waals surface area contributed by atoms with E-state index in [0.717, 1.165) is 39.9 Å². The second-order valence-electron chi connectivity index (χ2n) is 14.3. The van der Waals surface area contributed by atoms with E-state index in [-0.39, 0.29) is 0 Å². The molecule has 0 atom stereocenters. The normalized spacial score (nSPS) is 23.1. The fourth-order valence-electron chi connectivity index (χ4n) is 9.83. The summed E-state index contributed by atoms with van der Waals surface area (Å²) in [5, 5.41) is 2.38. The van der Waals surface area contributed by atoms with Gasteiger partial charge in [0, 0.05) is 21.9 Å². The molecular formula is C43H36N4. The van der Waals surface area contributed by atoms with Gasteiger partial charge in [-0.25, -0.2) is 4.98 Å². The highest BCUT2D eigenvalue weighted by atomic mass is 15.2. The van der Waals surface area contributed by atoms with E-state index in [1.165, 1.54) is 66.0 Å². The Kier molecular flexibility index (Phi) is 6.03. The molecule has 4 aliphatic rings. The Morgan fingerprint density at radius 2 is 1.02 bits per heavy atom. The first-order valence-electron chi connectivity index (χ1n) is 17.2. The van der Waals surface area contributed by atoms with Crippen molar-refractivity contribution in [3.05, 3.63) is 133 Å². The van der Waals surface area contributed by atoms with Crippen molar-refractivity contribution in [2.45, 2.75) is 43.9 Å². The van der Waals surface area contributed by atoms with Crippen molar-refractivity contribution in [3.63, 3.8) is 0 Å². The quantitative estimate of drug-likeness (QED) is 0.195. The Hall–Kier alpha value is -5.09. The third kappa shape index (κ3) is 4.38. The molecule has 0 spiro atoms. The van der Waals surface area contributed by atoms with E-state index in [2.05, 4.69) is 126 Å². The van der Waals surface area contributed by atoms with Gasteiger partial charge < -0.3 is 0 Å². The van der Waals surface area contributed by atoms with Gasteiger partial charge in [0.2, 0.25) is 5.95 Å². The largest absolute Gasteiger partial charge is 0.278 e. The predicted octanol–water partition coefficient (Wildman–Crippen LogP) is 10.4. The van der Waals surface area contributed by atoms with Crippen molar-refractivity contribution >= 4 is 21.8 Å². The molecule has 0 saturated heterocycles. The second kappa shape index (κ2) is 10.5. The Morgan fingerprint density at radius 3 is 1.64 bits per heavy atom. The highest BCUT2D eigenvalue weighted by molar-refractivity contribution is 6.09. The van der Waals surface area contributed by atoms with Crippen LogP contribution in [-0.2, 0) is 5.41 Å². The van der Waals surface area contributed by atoms with Crippen molar-refractivity contribution < 1.29 is 0 Å². The van der Waals surface area contributed by atoms with Crippen LogP contribution < -0.4 is 0 Å². The van der Waals surface area contributed by atoms with Crippen LogP contribution in [0.15, 0.2) is 127 Å². The lowest BCUT2D eigenvalue weighted by molar-refractivity contribution is -0.00516. The molecule has 2 heterocycles. The smallest absolute Gasteiger partial charge is 0.238 e. The van der Waals surface area contributed by atoms with Gasteiger partial charge in [0.05, 0.1) is 11.0 Å². The first-order chi connectivity index (χ1) is 23.2. The highest BCUT2D eigenvalue weighted by Gasteiger charge is 2.51. The predicted molar refractivity (Wildman–Crippen MR) is 190 cm³/mol. The number of hydrogen-bond acceptors (Lipinski definition) is 3. The fourth-order valence-corrected chi connectivity index (χ4v) is 9.83. The van der Waals surface area contributed by atoms with Crippen molar-refractivity contribution in [1.82, 2.24) is 19.5 Å². The number of hydrogen-bond donors (Lipinski definition) is 0. The van der Waals surface area contributed by atoms with Crippen LogP contribution in [0.2, 0.25) is 0 Å². The van der Waals surface area contributed by atoms with Gasteiger partial charge in [-0.1, -0.05) is 109 Å². The maximum Gasteiger partial charge on any atom is 0.238 e. The molecule has 4 nitrogen and oxygen atoms in total. The van der Waals surface area contributed by atoms with E-state index < -0.39 is 0 Å². The fraction of sp³-hybridized carbons (Fsp3) is 0.233. The average Bonchev–Trinajstić information content (AvgIpc) is 3.46.